The third-order valence-corrected chi connectivity index (χ3v) is 4.88. The van der Waals surface area contributed by atoms with E-state index in [0.29, 0.717) is 9.99 Å². The first-order valence-corrected chi connectivity index (χ1v) is 11.0. The lowest BCUT2D eigenvalue weighted by atomic mass is 10.1. The zero-order valence-electron chi connectivity index (χ0n) is 18.0. The lowest BCUT2D eigenvalue weighted by Gasteiger charge is -2.15. The number of hydrogen-bond acceptors (Lipinski definition) is 7. The minimum absolute atomic E-state index is 0.0437. The first kappa shape index (κ1) is 27.3. The number of carbonyl (C=O) groups is 2. The maximum atomic E-state index is 15.0. The summed E-state index contributed by atoms with van der Waals surface area (Å²) in [6.07, 6.45) is 1.40. The Kier molecular flexibility index (Phi) is 11.0. The van der Waals surface area contributed by atoms with Crippen LogP contribution in [0.15, 0.2) is 29.4 Å². The largest absolute Gasteiger partial charge is 0.396 e. The van der Waals surface area contributed by atoms with E-state index in [0.717, 1.165) is 12.3 Å². The Hall–Kier alpha value is -2.91. The Morgan fingerprint density at radius 1 is 1.18 bits per heavy atom. The van der Waals surface area contributed by atoms with E-state index < -0.39 is 46.8 Å². The predicted octanol–water partition coefficient (Wildman–Crippen LogP) is 2.98. The molecule has 184 valence electrons. The fraction of sp³-hybridized carbons (Fsp3) is 0.286. The van der Waals surface area contributed by atoms with Crippen molar-refractivity contribution in [3.63, 3.8) is 0 Å². The second kappa shape index (κ2) is 13.7. The highest BCUT2D eigenvalue weighted by Gasteiger charge is 2.23. The Bertz CT molecular complexity index is 1060. The number of aliphatic hydroxyl groups excluding tert-OH is 1. The number of amides is 2. The summed E-state index contributed by atoms with van der Waals surface area (Å²) >= 11 is 1.88. The van der Waals surface area contributed by atoms with Crippen molar-refractivity contribution in [3.05, 3.63) is 56.4 Å². The number of hydrogen-bond donors (Lipinski definition) is 4. The van der Waals surface area contributed by atoms with Crippen LogP contribution in [-0.4, -0.2) is 50.0 Å². The lowest BCUT2D eigenvalue weighted by molar-refractivity contribution is -0.120. The average Bonchev–Trinajstić information content (AvgIpc) is 2.81. The van der Waals surface area contributed by atoms with Gasteiger partial charge in [-0.1, -0.05) is 5.16 Å². The molecule has 0 radical (unpaired) electrons. The maximum absolute atomic E-state index is 15.0. The van der Waals surface area contributed by atoms with Gasteiger partial charge in [0, 0.05) is 22.6 Å². The van der Waals surface area contributed by atoms with E-state index in [1.807, 2.05) is 28.1 Å². The highest BCUT2D eigenvalue weighted by atomic mass is 127. The van der Waals surface area contributed by atoms with Crippen LogP contribution in [0.25, 0.3) is 0 Å². The van der Waals surface area contributed by atoms with Gasteiger partial charge in [0.1, 0.15) is 12.4 Å². The minimum atomic E-state index is -1.46. The topological polar surface area (TPSA) is 121 Å². The maximum Gasteiger partial charge on any atom is 0.277 e. The monoisotopic (exact) mass is 594 g/mol. The average molecular weight is 594 g/mol. The van der Waals surface area contributed by atoms with Gasteiger partial charge in [-0.25, -0.2) is 18.7 Å². The molecular weight excluding hydrogens is 572 g/mol. The number of benzene rings is 2. The van der Waals surface area contributed by atoms with E-state index in [2.05, 4.69) is 15.8 Å². The molecule has 13 heteroatoms. The third-order valence-electron chi connectivity index (χ3n) is 4.21. The summed E-state index contributed by atoms with van der Waals surface area (Å²) in [5.74, 6) is -4.74. The Labute approximate surface area is 206 Å². The predicted molar refractivity (Wildman–Crippen MR) is 126 cm³/mol. The van der Waals surface area contributed by atoms with Crippen LogP contribution in [0.5, 0.6) is 0 Å². The van der Waals surface area contributed by atoms with Crippen LogP contribution in [0, 0.1) is 21.0 Å². The van der Waals surface area contributed by atoms with Crippen molar-refractivity contribution in [2.24, 2.45) is 5.16 Å². The van der Waals surface area contributed by atoms with Gasteiger partial charge in [0.2, 0.25) is 5.91 Å². The zero-order valence-corrected chi connectivity index (χ0v) is 20.1. The molecule has 0 saturated heterocycles. The van der Waals surface area contributed by atoms with Crippen LogP contribution < -0.4 is 16.1 Å². The van der Waals surface area contributed by atoms with Crippen molar-refractivity contribution in [3.8, 4) is 0 Å². The van der Waals surface area contributed by atoms with Gasteiger partial charge in [-0.05, 0) is 53.3 Å². The molecule has 0 aliphatic carbocycles. The molecule has 0 unspecified atom stereocenters. The zero-order chi connectivity index (χ0) is 25.1. The Morgan fingerprint density at radius 2 is 1.94 bits per heavy atom. The molecule has 0 atom stereocenters. The molecule has 2 amide bonds. The van der Waals surface area contributed by atoms with Crippen LogP contribution in [0.2, 0.25) is 0 Å². The summed E-state index contributed by atoms with van der Waals surface area (Å²) < 4.78 is 44.5. The van der Waals surface area contributed by atoms with Gasteiger partial charge < -0.3 is 20.6 Å². The molecule has 9 nitrogen and oxygen atoms in total. The quantitative estimate of drug-likeness (QED) is 0.130. The molecule has 0 heterocycles. The van der Waals surface area contributed by atoms with Crippen LogP contribution in [-0.2, 0) is 14.5 Å². The van der Waals surface area contributed by atoms with E-state index in [-0.39, 0.29) is 31.2 Å². The van der Waals surface area contributed by atoms with Crippen molar-refractivity contribution in [2.75, 3.05) is 32.2 Å². The van der Waals surface area contributed by atoms with Gasteiger partial charge in [-0.2, -0.15) is 0 Å². The normalized spacial score (nSPS) is 10.9. The van der Waals surface area contributed by atoms with Gasteiger partial charge in [0.15, 0.2) is 11.6 Å². The standard InChI is InChI=1S/C21H22F3IN4O5/c1-26-17(31)3-2-7-33-27-11-12-9-14(21(32)29-34-8-6-30)20(19(24)18(12)23)28-16-5-4-13(25)10-15(16)22/h4-5,9-11,28,30H,2-3,6-8H2,1H3,(H,26,31)(H,29,32)/b27-11+. The van der Waals surface area contributed by atoms with Gasteiger partial charge >= 0.3 is 0 Å². The molecular formula is C21H22F3IN4O5. The van der Waals surface area contributed by atoms with Crippen LogP contribution in [0.3, 0.4) is 0 Å². The van der Waals surface area contributed by atoms with Gasteiger partial charge in [-0.3, -0.25) is 14.4 Å². The summed E-state index contributed by atoms with van der Waals surface area (Å²) in [6.45, 7) is -0.601. The van der Waals surface area contributed by atoms with E-state index in [9.17, 15) is 22.8 Å². The minimum Gasteiger partial charge on any atom is -0.396 e. The molecule has 0 saturated carbocycles. The smallest absolute Gasteiger partial charge is 0.277 e. The molecule has 2 aromatic rings. The van der Waals surface area contributed by atoms with Crippen molar-refractivity contribution < 1.29 is 37.5 Å². The molecule has 0 fully saturated rings. The highest BCUT2D eigenvalue weighted by molar-refractivity contribution is 14.1. The third kappa shape index (κ3) is 7.85. The van der Waals surface area contributed by atoms with E-state index in [1.165, 1.54) is 25.2 Å². The van der Waals surface area contributed by atoms with Crippen LogP contribution in [0.4, 0.5) is 24.5 Å². The van der Waals surface area contributed by atoms with E-state index >= 15 is 0 Å². The fourth-order valence-corrected chi connectivity index (χ4v) is 3.01. The highest BCUT2D eigenvalue weighted by Crippen LogP contribution is 2.30. The first-order valence-electron chi connectivity index (χ1n) is 9.91. The van der Waals surface area contributed by atoms with E-state index in [4.69, 9.17) is 14.8 Å². The summed E-state index contributed by atoms with van der Waals surface area (Å²) in [7, 11) is 1.49. The Morgan fingerprint density at radius 3 is 2.62 bits per heavy atom. The summed E-state index contributed by atoms with van der Waals surface area (Å²) in [6, 6.07) is 4.98. The second-order valence-electron chi connectivity index (χ2n) is 6.61. The molecule has 4 N–H and O–H groups in total. The van der Waals surface area contributed by atoms with Gasteiger partial charge in [-0.15, -0.1) is 0 Å². The number of aliphatic hydroxyl groups is 1. The fourth-order valence-electron chi connectivity index (χ4n) is 2.55. The summed E-state index contributed by atoms with van der Waals surface area (Å²) in [5, 5.41) is 17.2. The van der Waals surface area contributed by atoms with Crippen molar-refractivity contribution in [1.29, 1.82) is 0 Å². The van der Waals surface area contributed by atoms with Gasteiger partial charge in [0.05, 0.1) is 36.4 Å². The second-order valence-corrected chi connectivity index (χ2v) is 7.86. The number of nitrogens with zero attached hydrogens (tertiary/aromatic N) is 1. The molecule has 0 aromatic heterocycles. The number of anilines is 2. The molecule has 34 heavy (non-hydrogen) atoms. The first-order chi connectivity index (χ1) is 16.3. The van der Waals surface area contributed by atoms with Gasteiger partial charge in [0.25, 0.3) is 5.91 Å². The van der Waals surface area contributed by atoms with Crippen molar-refractivity contribution in [2.45, 2.75) is 12.8 Å². The van der Waals surface area contributed by atoms with E-state index in [1.54, 1.807) is 0 Å². The number of oxime groups is 1. The Balaban J connectivity index is 2.31. The molecule has 0 aliphatic heterocycles. The summed E-state index contributed by atoms with van der Waals surface area (Å²) in [5.41, 5.74) is 0.318. The van der Waals surface area contributed by atoms with Crippen molar-refractivity contribution >= 4 is 52.0 Å². The summed E-state index contributed by atoms with van der Waals surface area (Å²) in [4.78, 5) is 33.4. The van der Waals surface area contributed by atoms with Crippen LogP contribution >= 0.6 is 22.6 Å². The number of hydroxylamine groups is 1. The number of nitrogens with one attached hydrogen (secondary N) is 3. The van der Waals surface area contributed by atoms with Crippen LogP contribution in [0.1, 0.15) is 28.8 Å². The molecule has 0 bridgehead atoms. The molecule has 2 aromatic carbocycles. The molecule has 0 spiro atoms. The lowest BCUT2D eigenvalue weighted by Crippen LogP contribution is -2.26. The number of halogens is 4. The van der Waals surface area contributed by atoms with Crippen molar-refractivity contribution in [1.82, 2.24) is 10.8 Å². The number of rotatable bonds is 12. The molecule has 2 rings (SSSR count). The number of carbonyl (C=O) groups excluding carboxylic acids is 2. The molecule has 0 aliphatic rings. The SMILES string of the molecule is CNC(=O)CCCO/N=C/c1cc(C(=O)NOCCO)c(Nc2ccc(I)cc2F)c(F)c1F.